The summed E-state index contributed by atoms with van der Waals surface area (Å²) in [5.41, 5.74) is 0.430. The summed E-state index contributed by atoms with van der Waals surface area (Å²) in [6.07, 6.45) is 0.852. The summed E-state index contributed by atoms with van der Waals surface area (Å²) < 4.78 is 0. The summed E-state index contributed by atoms with van der Waals surface area (Å²) in [4.78, 5) is 26.9. The Morgan fingerprint density at radius 1 is 1.47 bits per heavy atom. The highest BCUT2D eigenvalue weighted by Gasteiger charge is 2.56. The third-order valence-electron chi connectivity index (χ3n) is 2.97. The smallest absolute Gasteiger partial charge is 0.319 e. The zero-order chi connectivity index (χ0) is 12.5. The number of carboxylic acid groups (broad SMARTS) is 1. The van der Waals surface area contributed by atoms with E-state index in [1.165, 1.54) is 0 Å². The van der Waals surface area contributed by atoms with Crippen molar-refractivity contribution >= 4 is 11.9 Å². The Balaban J connectivity index is 1.95. The van der Waals surface area contributed by atoms with Gasteiger partial charge < -0.3 is 10.4 Å². The van der Waals surface area contributed by atoms with Crippen LogP contribution in [-0.4, -0.2) is 22.0 Å². The quantitative estimate of drug-likeness (QED) is 0.758. The molecule has 0 aliphatic heterocycles. The maximum atomic E-state index is 11.7. The Labute approximate surface area is 98.9 Å². The average molecular weight is 234 g/mol. The largest absolute Gasteiger partial charge is 0.480 e. The molecule has 2 N–H and O–H groups in total. The number of aryl methyl sites for hydroxylation is 1. The first-order valence-corrected chi connectivity index (χ1v) is 5.49. The van der Waals surface area contributed by atoms with Crippen molar-refractivity contribution in [2.45, 2.75) is 26.3 Å². The van der Waals surface area contributed by atoms with Gasteiger partial charge in [0.15, 0.2) is 0 Å². The van der Waals surface area contributed by atoms with Gasteiger partial charge in [0.1, 0.15) is 5.41 Å². The van der Waals surface area contributed by atoms with Gasteiger partial charge in [0.25, 0.3) is 0 Å². The van der Waals surface area contributed by atoms with Crippen LogP contribution >= 0.6 is 0 Å². The first-order valence-electron chi connectivity index (χ1n) is 5.49. The zero-order valence-corrected chi connectivity index (χ0v) is 9.56. The van der Waals surface area contributed by atoms with E-state index in [0.717, 1.165) is 11.4 Å². The number of aliphatic carboxylic acids is 1. The highest BCUT2D eigenvalue weighted by molar-refractivity contribution is 6.04. The normalized spacial score (nSPS) is 16.3. The standard InChI is InChI=1S/C12H14N2O3/c1-8-3-2-4-9(14-8)7-13-10(15)12(5-6-12)11(16)17/h2-4H,5-7H2,1H3,(H,13,15)(H,16,17). The molecule has 0 saturated heterocycles. The fraction of sp³-hybridized carbons (Fsp3) is 0.417. The van der Waals surface area contributed by atoms with E-state index in [9.17, 15) is 9.59 Å². The van der Waals surface area contributed by atoms with E-state index in [1.54, 1.807) is 6.07 Å². The third-order valence-corrected chi connectivity index (χ3v) is 2.97. The Morgan fingerprint density at radius 3 is 2.71 bits per heavy atom. The number of pyridine rings is 1. The van der Waals surface area contributed by atoms with Crippen molar-refractivity contribution in [3.8, 4) is 0 Å². The van der Waals surface area contributed by atoms with Crippen molar-refractivity contribution in [2.75, 3.05) is 0 Å². The lowest BCUT2D eigenvalue weighted by Gasteiger charge is -2.10. The second kappa shape index (κ2) is 4.16. The molecule has 90 valence electrons. The van der Waals surface area contributed by atoms with Gasteiger partial charge in [-0.15, -0.1) is 0 Å². The molecule has 1 saturated carbocycles. The van der Waals surface area contributed by atoms with Crippen LogP contribution in [0.25, 0.3) is 0 Å². The van der Waals surface area contributed by atoms with Crippen molar-refractivity contribution in [2.24, 2.45) is 5.41 Å². The minimum atomic E-state index is -1.18. The zero-order valence-electron chi connectivity index (χ0n) is 9.56. The van der Waals surface area contributed by atoms with E-state index < -0.39 is 17.3 Å². The summed E-state index contributed by atoms with van der Waals surface area (Å²) in [6.45, 7) is 2.14. The van der Waals surface area contributed by atoms with E-state index in [-0.39, 0.29) is 6.54 Å². The molecule has 17 heavy (non-hydrogen) atoms. The first kappa shape index (κ1) is 11.6. The maximum Gasteiger partial charge on any atom is 0.319 e. The lowest BCUT2D eigenvalue weighted by molar-refractivity contribution is -0.149. The molecule has 1 amide bonds. The maximum absolute atomic E-state index is 11.7. The minimum Gasteiger partial charge on any atom is -0.480 e. The molecule has 2 rings (SSSR count). The molecule has 1 heterocycles. The molecule has 1 aromatic rings. The van der Waals surface area contributed by atoms with Gasteiger partial charge in [-0.1, -0.05) is 6.07 Å². The van der Waals surface area contributed by atoms with Crippen LogP contribution in [0.4, 0.5) is 0 Å². The topological polar surface area (TPSA) is 79.3 Å². The summed E-state index contributed by atoms with van der Waals surface area (Å²) in [5.74, 6) is -1.44. The molecule has 0 radical (unpaired) electrons. The van der Waals surface area contributed by atoms with Crippen LogP contribution < -0.4 is 5.32 Å². The Kier molecular flexibility index (Phi) is 2.83. The molecule has 5 heteroatoms. The SMILES string of the molecule is Cc1cccc(CNC(=O)C2(C(=O)O)CC2)n1. The van der Waals surface area contributed by atoms with Crippen LogP contribution in [0.1, 0.15) is 24.2 Å². The lowest BCUT2D eigenvalue weighted by Crippen LogP contribution is -2.36. The molecule has 0 unspecified atom stereocenters. The van der Waals surface area contributed by atoms with Gasteiger partial charge >= 0.3 is 5.97 Å². The number of carboxylic acids is 1. The molecular formula is C12H14N2O3. The number of carbonyl (C=O) groups excluding carboxylic acids is 1. The number of carbonyl (C=O) groups is 2. The van der Waals surface area contributed by atoms with Crippen molar-refractivity contribution in [3.05, 3.63) is 29.6 Å². The molecule has 0 spiro atoms. The summed E-state index contributed by atoms with van der Waals surface area (Å²) in [7, 11) is 0. The molecule has 0 bridgehead atoms. The number of hydrogen-bond donors (Lipinski definition) is 2. The van der Waals surface area contributed by atoms with Gasteiger partial charge in [0.2, 0.25) is 5.91 Å². The van der Waals surface area contributed by atoms with Gasteiger partial charge in [0, 0.05) is 5.69 Å². The van der Waals surface area contributed by atoms with Gasteiger partial charge in [-0.2, -0.15) is 0 Å². The van der Waals surface area contributed by atoms with Crippen LogP contribution in [0, 0.1) is 12.3 Å². The number of rotatable bonds is 4. The highest BCUT2D eigenvalue weighted by atomic mass is 16.4. The van der Waals surface area contributed by atoms with E-state index in [4.69, 9.17) is 5.11 Å². The molecule has 1 fully saturated rings. The van der Waals surface area contributed by atoms with Crippen LogP contribution in [0.15, 0.2) is 18.2 Å². The van der Waals surface area contributed by atoms with Crippen LogP contribution in [-0.2, 0) is 16.1 Å². The van der Waals surface area contributed by atoms with Gasteiger partial charge in [-0.25, -0.2) is 0 Å². The van der Waals surface area contributed by atoms with Crippen LogP contribution in [0.3, 0.4) is 0 Å². The average Bonchev–Trinajstić information content (AvgIpc) is 3.07. The number of nitrogens with one attached hydrogen (secondary N) is 1. The van der Waals surface area contributed by atoms with Crippen molar-refractivity contribution in [1.82, 2.24) is 10.3 Å². The van der Waals surface area contributed by atoms with Gasteiger partial charge in [-0.05, 0) is 31.9 Å². The van der Waals surface area contributed by atoms with Crippen molar-refractivity contribution in [3.63, 3.8) is 0 Å². The Bertz CT molecular complexity index is 467. The molecule has 0 aromatic carbocycles. The molecule has 1 aliphatic rings. The van der Waals surface area contributed by atoms with Crippen molar-refractivity contribution < 1.29 is 14.7 Å². The van der Waals surface area contributed by atoms with Crippen LogP contribution in [0.5, 0.6) is 0 Å². The summed E-state index contributed by atoms with van der Waals surface area (Å²) in [5, 5.41) is 11.6. The second-order valence-corrected chi connectivity index (χ2v) is 4.34. The molecule has 1 aromatic heterocycles. The number of nitrogens with zero attached hydrogens (tertiary/aromatic N) is 1. The van der Waals surface area contributed by atoms with Crippen molar-refractivity contribution in [1.29, 1.82) is 0 Å². The molecule has 0 atom stereocenters. The van der Waals surface area contributed by atoms with Gasteiger partial charge in [0.05, 0.1) is 12.2 Å². The summed E-state index contributed by atoms with van der Waals surface area (Å²) in [6, 6.07) is 5.52. The highest BCUT2D eigenvalue weighted by Crippen LogP contribution is 2.46. The summed E-state index contributed by atoms with van der Waals surface area (Å²) >= 11 is 0. The third kappa shape index (κ3) is 2.27. The monoisotopic (exact) mass is 234 g/mol. The number of amides is 1. The Hall–Kier alpha value is -1.91. The van der Waals surface area contributed by atoms with Gasteiger partial charge in [-0.3, -0.25) is 14.6 Å². The van der Waals surface area contributed by atoms with E-state index in [0.29, 0.717) is 12.8 Å². The fourth-order valence-electron chi connectivity index (χ4n) is 1.70. The van der Waals surface area contributed by atoms with E-state index in [2.05, 4.69) is 10.3 Å². The molecular weight excluding hydrogens is 220 g/mol. The fourth-order valence-corrected chi connectivity index (χ4v) is 1.70. The number of hydrogen-bond acceptors (Lipinski definition) is 3. The van der Waals surface area contributed by atoms with E-state index >= 15 is 0 Å². The predicted molar refractivity (Wildman–Crippen MR) is 60.1 cm³/mol. The Morgan fingerprint density at radius 2 is 2.18 bits per heavy atom. The lowest BCUT2D eigenvalue weighted by atomic mass is 10.1. The van der Waals surface area contributed by atoms with Crippen LogP contribution in [0.2, 0.25) is 0 Å². The predicted octanol–water partition coefficient (Wildman–Crippen LogP) is 0.871. The second-order valence-electron chi connectivity index (χ2n) is 4.34. The first-order chi connectivity index (χ1) is 8.04. The number of aromatic nitrogens is 1. The molecule has 5 nitrogen and oxygen atoms in total. The molecule has 1 aliphatic carbocycles. The van der Waals surface area contributed by atoms with E-state index in [1.807, 2.05) is 19.1 Å². The minimum absolute atomic E-state index is 0.273.